The van der Waals surface area contributed by atoms with Crippen LogP contribution in [0.3, 0.4) is 0 Å². The largest absolute Gasteiger partial charge is 0.478 e. The molecule has 0 heterocycles. The zero-order valence-corrected chi connectivity index (χ0v) is 12.2. The molecule has 0 aliphatic heterocycles. The summed E-state index contributed by atoms with van der Waals surface area (Å²) in [5.74, 6) is -1.47. The van der Waals surface area contributed by atoms with Crippen molar-refractivity contribution in [3.05, 3.63) is 28.2 Å². The summed E-state index contributed by atoms with van der Waals surface area (Å²) >= 11 is 3.10. The van der Waals surface area contributed by atoms with Crippen LogP contribution < -0.4 is 5.32 Å². The molecule has 1 aromatic carbocycles. The number of carbonyl (C=O) groups is 2. The summed E-state index contributed by atoms with van der Waals surface area (Å²) in [4.78, 5) is 22.6. The van der Waals surface area contributed by atoms with Gasteiger partial charge in [0, 0.05) is 16.4 Å². The zero-order valence-electron chi connectivity index (χ0n) is 9.77. The van der Waals surface area contributed by atoms with Crippen molar-refractivity contribution in [3.8, 4) is 0 Å². The first-order chi connectivity index (χ1) is 8.38. The SMILES string of the molecule is CNC(=O)C(C)S(=O)c1ccc(Br)c(C(=O)O)c1. The second-order valence-electron chi connectivity index (χ2n) is 3.50. The normalized spacial score (nSPS) is 13.7. The summed E-state index contributed by atoms with van der Waals surface area (Å²) in [5.41, 5.74) is 0.0185. The number of rotatable bonds is 4. The number of aromatic carboxylic acids is 1. The Hall–Kier alpha value is -1.21. The smallest absolute Gasteiger partial charge is 0.336 e. The van der Waals surface area contributed by atoms with Gasteiger partial charge in [-0.3, -0.25) is 9.00 Å². The highest BCUT2D eigenvalue weighted by atomic mass is 79.9. The lowest BCUT2D eigenvalue weighted by Crippen LogP contribution is -2.32. The summed E-state index contributed by atoms with van der Waals surface area (Å²) < 4.78 is 12.5. The first-order valence-electron chi connectivity index (χ1n) is 5.03. The van der Waals surface area contributed by atoms with Gasteiger partial charge in [-0.2, -0.15) is 0 Å². The molecule has 1 amide bonds. The van der Waals surface area contributed by atoms with Crippen LogP contribution in [-0.4, -0.2) is 33.5 Å². The Morgan fingerprint density at radius 3 is 2.56 bits per heavy atom. The first-order valence-corrected chi connectivity index (χ1v) is 7.04. The quantitative estimate of drug-likeness (QED) is 0.872. The van der Waals surface area contributed by atoms with Gasteiger partial charge in [0.05, 0.1) is 16.4 Å². The van der Waals surface area contributed by atoms with Gasteiger partial charge in [0.25, 0.3) is 0 Å². The second kappa shape index (κ2) is 6.10. The Labute approximate surface area is 115 Å². The minimum atomic E-state index is -1.59. The summed E-state index contributed by atoms with van der Waals surface area (Å²) in [7, 11) is -0.131. The van der Waals surface area contributed by atoms with Crippen LogP contribution in [0.1, 0.15) is 17.3 Å². The number of carbonyl (C=O) groups excluding carboxylic acids is 1. The van der Waals surface area contributed by atoms with E-state index in [1.165, 1.54) is 32.2 Å². The van der Waals surface area contributed by atoms with Crippen molar-refractivity contribution in [1.29, 1.82) is 0 Å². The molecule has 0 aliphatic carbocycles. The Morgan fingerprint density at radius 1 is 1.44 bits per heavy atom. The lowest BCUT2D eigenvalue weighted by atomic mass is 10.2. The van der Waals surface area contributed by atoms with Crippen LogP contribution >= 0.6 is 15.9 Å². The highest BCUT2D eigenvalue weighted by molar-refractivity contribution is 9.10. The molecule has 0 aromatic heterocycles. The van der Waals surface area contributed by atoms with E-state index in [4.69, 9.17) is 5.11 Å². The molecule has 0 bridgehead atoms. The van der Waals surface area contributed by atoms with E-state index in [2.05, 4.69) is 21.2 Å². The van der Waals surface area contributed by atoms with Gasteiger partial charge >= 0.3 is 5.97 Å². The molecule has 2 atom stereocenters. The lowest BCUT2D eigenvalue weighted by molar-refractivity contribution is -0.119. The molecule has 5 nitrogen and oxygen atoms in total. The molecule has 98 valence electrons. The second-order valence-corrected chi connectivity index (χ2v) is 6.13. The fraction of sp³-hybridized carbons (Fsp3) is 0.273. The van der Waals surface area contributed by atoms with E-state index < -0.39 is 22.0 Å². The Morgan fingerprint density at radius 2 is 2.06 bits per heavy atom. The summed E-state index contributed by atoms with van der Waals surface area (Å²) in [6.07, 6.45) is 0. The predicted molar refractivity (Wildman–Crippen MR) is 71.0 cm³/mol. The van der Waals surface area contributed by atoms with Crippen molar-refractivity contribution < 1.29 is 18.9 Å². The highest BCUT2D eigenvalue weighted by Gasteiger charge is 2.21. The summed E-state index contributed by atoms with van der Waals surface area (Å²) in [6.45, 7) is 1.53. The molecular weight excluding hydrogens is 322 g/mol. The average Bonchev–Trinajstić information content (AvgIpc) is 2.36. The monoisotopic (exact) mass is 333 g/mol. The van der Waals surface area contributed by atoms with E-state index in [0.717, 1.165) is 0 Å². The number of carboxylic acids is 1. The van der Waals surface area contributed by atoms with Gasteiger partial charge < -0.3 is 10.4 Å². The van der Waals surface area contributed by atoms with Crippen LogP contribution in [0.25, 0.3) is 0 Å². The van der Waals surface area contributed by atoms with Gasteiger partial charge in [0.1, 0.15) is 5.25 Å². The third-order valence-corrected chi connectivity index (χ3v) is 4.60. The van der Waals surface area contributed by atoms with Crippen LogP contribution in [-0.2, 0) is 15.6 Å². The molecule has 7 heteroatoms. The van der Waals surface area contributed by atoms with E-state index in [1.807, 2.05) is 0 Å². The number of amides is 1. The topological polar surface area (TPSA) is 83.5 Å². The molecule has 18 heavy (non-hydrogen) atoms. The average molecular weight is 334 g/mol. The maximum Gasteiger partial charge on any atom is 0.336 e. The molecule has 1 rings (SSSR count). The van der Waals surface area contributed by atoms with Crippen molar-refractivity contribution >= 4 is 38.6 Å². The molecule has 2 unspecified atom stereocenters. The maximum atomic E-state index is 12.1. The van der Waals surface area contributed by atoms with Gasteiger partial charge in [-0.05, 0) is 41.1 Å². The van der Waals surface area contributed by atoms with Crippen LogP contribution in [0.15, 0.2) is 27.6 Å². The van der Waals surface area contributed by atoms with Gasteiger partial charge in [0.15, 0.2) is 0 Å². The van der Waals surface area contributed by atoms with Crippen LogP contribution in [0, 0.1) is 0 Å². The van der Waals surface area contributed by atoms with E-state index in [-0.39, 0.29) is 11.5 Å². The number of nitrogens with one attached hydrogen (secondary N) is 1. The predicted octanol–water partition coefficient (Wildman–Crippen LogP) is 1.39. The molecule has 0 fully saturated rings. The van der Waals surface area contributed by atoms with Gasteiger partial charge in [-0.15, -0.1) is 0 Å². The van der Waals surface area contributed by atoms with Gasteiger partial charge in [-0.1, -0.05) is 0 Å². The minimum absolute atomic E-state index is 0.0185. The molecule has 2 N–H and O–H groups in total. The fourth-order valence-electron chi connectivity index (χ4n) is 1.30. The van der Waals surface area contributed by atoms with E-state index >= 15 is 0 Å². The molecule has 0 aliphatic rings. The molecule has 0 spiro atoms. The van der Waals surface area contributed by atoms with Crippen molar-refractivity contribution in [2.45, 2.75) is 17.1 Å². The number of halogens is 1. The van der Waals surface area contributed by atoms with E-state index in [9.17, 15) is 13.8 Å². The van der Waals surface area contributed by atoms with Crippen LogP contribution in [0.2, 0.25) is 0 Å². The maximum absolute atomic E-state index is 12.1. The third-order valence-electron chi connectivity index (χ3n) is 2.34. The minimum Gasteiger partial charge on any atom is -0.478 e. The van der Waals surface area contributed by atoms with Crippen molar-refractivity contribution in [1.82, 2.24) is 5.32 Å². The fourth-order valence-corrected chi connectivity index (χ4v) is 2.87. The third kappa shape index (κ3) is 3.17. The molecule has 0 saturated heterocycles. The molecule has 0 radical (unpaired) electrons. The number of hydrogen-bond donors (Lipinski definition) is 2. The number of benzene rings is 1. The molecular formula is C11H12BrNO4S. The Kier molecular flexibility index (Phi) is 5.03. The van der Waals surface area contributed by atoms with Crippen LogP contribution in [0.4, 0.5) is 0 Å². The van der Waals surface area contributed by atoms with E-state index in [0.29, 0.717) is 9.37 Å². The van der Waals surface area contributed by atoms with Crippen LogP contribution in [0.5, 0.6) is 0 Å². The highest BCUT2D eigenvalue weighted by Crippen LogP contribution is 2.21. The van der Waals surface area contributed by atoms with Gasteiger partial charge in [-0.25, -0.2) is 4.79 Å². The van der Waals surface area contributed by atoms with E-state index in [1.54, 1.807) is 0 Å². The van der Waals surface area contributed by atoms with Crippen molar-refractivity contribution in [2.75, 3.05) is 7.05 Å². The summed E-state index contributed by atoms with van der Waals surface area (Å²) in [6, 6.07) is 4.35. The van der Waals surface area contributed by atoms with Gasteiger partial charge in [0.2, 0.25) is 5.91 Å². The Balaban J connectivity index is 3.11. The number of carboxylic acid groups (broad SMARTS) is 1. The van der Waals surface area contributed by atoms with Crippen molar-refractivity contribution in [3.63, 3.8) is 0 Å². The molecule has 1 aromatic rings. The lowest BCUT2D eigenvalue weighted by Gasteiger charge is -2.10. The standard InChI is InChI=1S/C11H12BrNO4S/c1-6(10(14)13-2)18(17)7-3-4-9(12)8(5-7)11(15)16/h3-6H,1-2H3,(H,13,14)(H,15,16). The number of hydrogen-bond acceptors (Lipinski definition) is 3. The molecule has 0 saturated carbocycles. The summed E-state index contributed by atoms with van der Waals surface area (Å²) in [5, 5.41) is 10.6. The Bertz CT molecular complexity index is 518. The zero-order chi connectivity index (χ0) is 13.9. The first kappa shape index (κ1) is 14.8. The van der Waals surface area contributed by atoms with Crippen molar-refractivity contribution in [2.24, 2.45) is 0 Å².